The number of ketones is 1. The number of carboxylic acids is 1. The number of fused-ring (bicyclic) bond motifs is 1. The molecule has 2 aliphatic rings. The van der Waals surface area contributed by atoms with Crippen LogP contribution in [0.4, 0.5) is 5.95 Å². The fourth-order valence-electron chi connectivity index (χ4n) is 4.04. The van der Waals surface area contributed by atoms with Crippen LogP contribution in [0.1, 0.15) is 46.9 Å². The van der Waals surface area contributed by atoms with Gasteiger partial charge >= 0.3 is 5.97 Å². The SMILES string of the molecule is O=C1CCCC2=C1C(c1ccccc1C(=O)O)n1nc(SCc3ccccn3)nc1N2. The molecule has 9 heteroatoms. The van der Waals surface area contributed by atoms with Gasteiger partial charge in [-0.3, -0.25) is 9.78 Å². The first kappa shape index (κ1) is 19.5. The van der Waals surface area contributed by atoms with Crippen molar-refractivity contribution in [3.63, 3.8) is 0 Å². The molecule has 1 aliphatic heterocycles. The van der Waals surface area contributed by atoms with E-state index in [9.17, 15) is 14.7 Å². The average Bonchev–Trinajstić information content (AvgIpc) is 3.19. The van der Waals surface area contributed by atoms with Crippen LogP contribution in [0.3, 0.4) is 0 Å². The Labute approximate surface area is 182 Å². The van der Waals surface area contributed by atoms with Gasteiger partial charge in [0.1, 0.15) is 6.04 Å². The number of hydrogen-bond donors (Lipinski definition) is 2. The second-order valence-electron chi connectivity index (χ2n) is 7.36. The Kier molecular flexibility index (Phi) is 5.03. The molecular weight excluding hydrogens is 414 g/mol. The van der Waals surface area contributed by atoms with Crippen LogP contribution in [0.15, 0.2) is 65.1 Å². The minimum Gasteiger partial charge on any atom is -0.478 e. The summed E-state index contributed by atoms with van der Waals surface area (Å²) in [7, 11) is 0. The summed E-state index contributed by atoms with van der Waals surface area (Å²) in [4.78, 5) is 33.7. The van der Waals surface area contributed by atoms with Gasteiger partial charge in [-0.05, 0) is 36.6 Å². The molecule has 3 heterocycles. The summed E-state index contributed by atoms with van der Waals surface area (Å²) in [6.45, 7) is 0. The predicted molar refractivity (Wildman–Crippen MR) is 115 cm³/mol. The summed E-state index contributed by atoms with van der Waals surface area (Å²) in [5.74, 6) is 0.100. The highest BCUT2D eigenvalue weighted by atomic mass is 32.2. The first-order valence-electron chi connectivity index (χ1n) is 9.96. The van der Waals surface area contributed by atoms with E-state index in [1.165, 1.54) is 11.8 Å². The molecule has 5 rings (SSSR count). The number of nitrogens with one attached hydrogen (secondary N) is 1. The number of allylic oxidation sites excluding steroid dienone is 2. The molecule has 1 unspecified atom stereocenters. The molecule has 0 saturated carbocycles. The van der Waals surface area contributed by atoms with E-state index >= 15 is 0 Å². The third-order valence-electron chi connectivity index (χ3n) is 5.41. The van der Waals surface area contributed by atoms with Crippen molar-refractivity contribution in [1.29, 1.82) is 0 Å². The summed E-state index contributed by atoms with van der Waals surface area (Å²) in [6.07, 6.45) is 3.66. The molecule has 0 saturated heterocycles. The maximum Gasteiger partial charge on any atom is 0.336 e. The highest BCUT2D eigenvalue weighted by Gasteiger charge is 2.38. The van der Waals surface area contributed by atoms with E-state index in [-0.39, 0.29) is 11.3 Å². The van der Waals surface area contributed by atoms with Crippen molar-refractivity contribution in [1.82, 2.24) is 19.7 Å². The van der Waals surface area contributed by atoms with Crippen LogP contribution < -0.4 is 5.32 Å². The average molecular weight is 433 g/mol. The number of carbonyl (C=O) groups is 2. The van der Waals surface area contributed by atoms with Gasteiger partial charge in [0, 0.05) is 29.6 Å². The standard InChI is InChI=1S/C22H19N5O3S/c28-17-10-5-9-16-18(17)19(14-7-1-2-8-15(14)20(29)30)27-21(24-16)25-22(26-27)31-12-13-6-3-4-11-23-13/h1-4,6-8,11,19H,5,9-10,12H2,(H,29,30)(H,24,25,26). The Hall–Kier alpha value is -3.46. The van der Waals surface area contributed by atoms with E-state index in [0.717, 1.165) is 24.2 Å². The second kappa shape index (κ2) is 7.99. The number of aromatic carboxylic acids is 1. The third-order valence-corrected chi connectivity index (χ3v) is 6.28. The topological polar surface area (TPSA) is 110 Å². The molecular formula is C22H19N5O3S. The van der Waals surface area contributed by atoms with E-state index < -0.39 is 12.0 Å². The van der Waals surface area contributed by atoms with Gasteiger partial charge < -0.3 is 10.4 Å². The van der Waals surface area contributed by atoms with Gasteiger partial charge in [-0.15, -0.1) is 5.10 Å². The molecule has 1 aromatic carbocycles. The molecule has 31 heavy (non-hydrogen) atoms. The van der Waals surface area contributed by atoms with E-state index in [1.807, 2.05) is 18.2 Å². The Morgan fingerprint density at radius 2 is 2.03 bits per heavy atom. The number of aromatic nitrogens is 4. The zero-order valence-corrected chi connectivity index (χ0v) is 17.3. The van der Waals surface area contributed by atoms with Crippen molar-refractivity contribution in [2.75, 3.05) is 5.32 Å². The predicted octanol–water partition coefficient (Wildman–Crippen LogP) is 3.69. The number of anilines is 1. The molecule has 0 amide bonds. The number of thioether (sulfide) groups is 1. The lowest BCUT2D eigenvalue weighted by Gasteiger charge is -2.32. The van der Waals surface area contributed by atoms with E-state index in [2.05, 4.69) is 20.4 Å². The van der Waals surface area contributed by atoms with E-state index in [4.69, 9.17) is 0 Å². The lowest BCUT2D eigenvalue weighted by molar-refractivity contribution is -0.116. The van der Waals surface area contributed by atoms with Crippen LogP contribution >= 0.6 is 11.8 Å². The lowest BCUT2D eigenvalue weighted by Crippen LogP contribution is -2.32. The highest BCUT2D eigenvalue weighted by molar-refractivity contribution is 7.98. The number of Topliss-reactive ketones (excluding diaryl/α,β-unsaturated/α-hetero) is 1. The lowest BCUT2D eigenvalue weighted by atomic mass is 9.84. The maximum atomic E-state index is 12.9. The van der Waals surface area contributed by atoms with Crippen LogP contribution in [0, 0.1) is 0 Å². The number of nitrogens with zero attached hydrogens (tertiary/aromatic N) is 4. The molecule has 0 fully saturated rings. The summed E-state index contributed by atoms with van der Waals surface area (Å²) >= 11 is 1.44. The fraction of sp³-hybridized carbons (Fsp3) is 0.227. The molecule has 1 aliphatic carbocycles. The zero-order valence-electron chi connectivity index (χ0n) is 16.5. The zero-order chi connectivity index (χ0) is 21.4. The molecule has 8 nitrogen and oxygen atoms in total. The summed E-state index contributed by atoms with van der Waals surface area (Å²) in [5.41, 5.74) is 2.99. The number of hydrogen-bond acceptors (Lipinski definition) is 7. The van der Waals surface area contributed by atoms with Crippen LogP contribution in [-0.2, 0) is 10.5 Å². The van der Waals surface area contributed by atoms with E-state index in [1.54, 1.807) is 35.1 Å². The minimum atomic E-state index is -1.04. The van der Waals surface area contributed by atoms with Crippen LogP contribution in [0.25, 0.3) is 0 Å². The Morgan fingerprint density at radius 1 is 1.19 bits per heavy atom. The van der Waals surface area contributed by atoms with Gasteiger partial charge in [0.05, 0.1) is 11.3 Å². The molecule has 2 N–H and O–H groups in total. The van der Waals surface area contributed by atoms with Gasteiger partial charge in [-0.25, -0.2) is 9.48 Å². The monoisotopic (exact) mass is 433 g/mol. The molecule has 0 bridgehead atoms. The smallest absolute Gasteiger partial charge is 0.336 e. The van der Waals surface area contributed by atoms with Gasteiger partial charge in [0.2, 0.25) is 11.1 Å². The summed E-state index contributed by atoms with van der Waals surface area (Å²) < 4.78 is 1.64. The number of pyridine rings is 1. The van der Waals surface area contributed by atoms with Crippen LogP contribution in [0.2, 0.25) is 0 Å². The molecule has 3 aromatic rings. The number of benzene rings is 1. The molecule has 1 atom stereocenters. The number of rotatable bonds is 5. The quantitative estimate of drug-likeness (QED) is 0.586. The second-order valence-corrected chi connectivity index (χ2v) is 8.30. The third kappa shape index (κ3) is 3.61. The fourth-order valence-corrected chi connectivity index (χ4v) is 4.78. The van der Waals surface area contributed by atoms with Gasteiger partial charge in [-0.2, -0.15) is 4.98 Å². The number of carboxylic acid groups (broad SMARTS) is 1. The maximum absolute atomic E-state index is 12.9. The van der Waals surface area contributed by atoms with Crippen LogP contribution in [0.5, 0.6) is 0 Å². The summed E-state index contributed by atoms with van der Waals surface area (Å²) in [5, 5.41) is 18.2. The molecule has 0 spiro atoms. The largest absolute Gasteiger partial charge is 0.478 e. The Bertz CT molecular complexity index is 1200. The van der Waals surface area contributed by atoms with Crippen molar-refractivity contribution < 1.29 is 14.7 Å². The van der Waals surface area contributed by atoms with Crippen molar-refractivity contribution in [3.05, 3.63) is 76.8 Å². The Morgan fingerprint density at radius 3 is 2.84 bits per heavy atom. The molecule has 0 radical (unpaired) electrons. The van der Waals surface area contributed by atoms with Crippen molar-refractivity contribution in [3.8, 4) is 0 Å². The first-order valence-corrected chi connectivity index (χ1v) is 10.9. The normalized spacial score (nSPS) is 17.7. The molecule has 2 aromatic heterocycles. The van der Waals surface area contributed by atoms with Crippen molar-refractivity contribution in [2.45, 2.75) is 36.2 Å². The highest BCUT2D eigenvalue weighted by Crippen LogP contribution is 2.41. The van der Waals surface area contributed by atoms with Gasteiger partial charge in [0.15, 0.2) is 5.78 Å². The van der Waals surface area contributed by atoms with Gasteiger partial charge in [0.25, 0.3) is 0 Å². The Balaban J connectivity index is 1.57. The molecule has 156 valence electrons. The summed E-state index contributed by atoms with van der Waals surface area (Å²) in [6, 6.07) is 11.9. The van der Waals surface area contributed by atoms with Crippen LogP contribution in [-0.4, -0.2) is 36.6 Å². The van der Waals surface area contributed by atoms with Crippen molar-refractivity contribution in [2.24, 2.45) is 0 Å². The van der Waals surface area contributed by atoms with E-state index in [0.29, 0.717) is 34.4 Å². The van der Waals surface area contributed by atoms with Gasteiger partial charge in [-0.1, -0.05) is 36.0 Å². The minimum absolute atomic E-state index is 0.0165. The van der Waals surface area contributed by atoms with Crippen molar-refractivity contribution >= 4 is 29.5 Å². The number of carbonyl (C=O) groups excluding carboxylic acids is 1. The first-order chi connectivity index (χ1) is 15.1.